The number of carbonyl (C=O) groups excluding carboxylic acids is 1. The molecule has 1 aromatic heterocycles. The van der Waals surface area contributed by atoms with Gasteiger partial charge in [0.05, 0.1) is 5.69 Å². The zero-order valence-electron chi connectivity index (χ0n) is 17.3. The molecule has 0 saturated heterocycles. The van der Waals surface area contributed by atoms with Crippen molar-refractivity contribution in [2.24, 2.45) is 0 Å². The maximum atomic E-state index is 13.1. The predicted molar refractivity (Wildman–Crippen MR) is 121 cm³/mol. The number of rotatable bonds is 5. The molecule has 0 radical (unpaired) electrons. The molecular formula is C27H22N2O2. The van der Waals surface area contributed by atoms with Crippen LogP contribution in [-0.2, 0) is 13.1 Å². The summed E-state index contributed by atoms with van der Waals surface area (Å²) >= 11 is 0. The van der Waals surface area contributed by atoms with E-state index in [0.717, 1.165) is 45.0 Å². The van der Waals surface area contributed by atoms with Gasteiger partial charge < -0.3 is 9.64 Å². The summed E-state index contributed by atoms with van der Waals surface area (Å²) in [5.74, 6) is 1.67. The average Bonchev–Trinajstić information content (AvgIpc) is 3.12. The number of pyridine rings is 1. The molecule has 0 bridgehead atoms. The molecule has 1 aliphatic rings. The minimum atomic E-state index is 0.0877. The summed E-state index contributed by atoms with van der Waals surface area (Å²) in [4.78, 5) is 19.4. The van der Waals surface area contributed by atoms with Crippen LogP contribution < -0.4 is 4.74 Å². The van der Waals surface area contributed by atoms with E-state index in [-0.39, 0.29) is 5.91 Å². The van der Waals surface area contributed by atoms with Gasteiger partial charge in [-0.15, -0.1) is 0 Å². The smallest absolute Gasteiger partial charge is 0.255 e. The molecule has 0 aliphatic carbocycles. The maximum absolute atomic E-state index is 13.1. The molecule has 4 heteroatoms. The summed E-state index contributed by atoms with van der Waals surface area (Å²) in [6, 6.07) is 27.7. The number of amides is 1. The second kappa shape index (κ2) is 8.07. The molecule has 3 aromatic carbocycles. The Labute approximate surface area is 181 Å². The number of nitrogens with zero attached hydrogens (tertiary/aromatic N) is 2. The number of ether oxygens (including phenoxy) is 1. The molecular weight excluding hydrogens is 384 g/mol. The van der Waals surface area contributed by atoms with E-state index >= 15 is 0 Å². The van der Waals surface area contributed by atoms with Gasteiger partial charge in [0.2, 0.25) is 0 Å². The zero-order valence-corrected chi connectivity index (χ0v) is 17.3. The molecule has 4 aromatic rings. The van der Waals surface area contributed by atoms with Crippen LogP contribution in [0.15, 0.2) is 91.1 Å². The first kappa shape index (κ1) is 19.1. The minimum Gasteiger partial charge on any atom is -0.457 e. The number of aryl methyl sites for hydroxylation is 1. The first-order chi connectivity index (χ1) is 15.2. The molecule has 5 rings (SSSR count). The molecule has 1 amide bonds. The van der Waals surface area contributed by atoms with Gasteiger partial charge in [-0.1, -0.05) is 36.4 Å². The topological polar surface area (TPSA) is 42.4 Å². The van der Waals surface area contributed by atoms with Crippen LogP contribution in [0.25, 0.3) is 11.3 Å². The van der Waals surface area contributed by atoms with E-state index in [4.69, 9.17) is 4.74 Å². The largest absolute Gasteiger partial charge is 0.457 e. The second-order valence-corrected chi connectivity index (χ2v) is 7.76. The number of hydrogen-bond acceptors (Lipinski definition) is 3. The van der Waals surface area contributed by atoms with Crippen LogP contribution >= 0.6 is 0 Å². The van der Waals surface area contributed by atoms with Gasteiger partial charge in [0.25, 0.3) is 5.91 Å². The summed E-state index contributed by atoms with van der Waals surface area (Å²) in [5.41, 5.74) is 5.93. The number of aromatic nitrogens is 1. The molecule has 0 N–H and O–H groups in total. The third-order valence-corrected chi connectivity index (χ3v) is 5.52. The molecule has 152 valence electrons. The summed E-state index contributed by atoms with van der Waals surface area (Å²) in [6.07, 6.45) is 1.79. The van der Waals surface area contributed by atoms with Crippen molar-refractivity contribution in [1.29, 1.82) is 0 Å². The molecule has 0 saturated carbocycles. The highest BCUT2D eigenvalue weighted by atomic mass is 16.5. The third-order valence-electron chi connectivity index (χ3n) is 5.52. The number of benzene rings is 3. The van der Waals surface area contributed by atoms with Gasteiger partial charge in [0, 0.05) is 30.4 Å². The first-order valence-corrected chi connectivity index (χ1v) is 10.3. The quantitative estimate of drug-likeness (QED) is 0.408. The third kappa shape index (κ3) is 3.92. The highest BCUT2D eigenvalue weighted by Crippen LogP contribution is 2.32. The van der Waals surface area contributed by atoms with Crippen molar-refractivity contribution in [2.45, 2.75) is 20.0 Å². The number of fused-ring (bicyclic) bond motifs is 1. The van der Waals surface area contributed by atoms with Crippen molar-refractivity contribution in [3.05, 3.63) is 113 Å². The van der Waals surface area contributed by atoms with Gasteiger partial charge in [-0.25, -0.2) is 0 Å². The van der Waals surface area contributed by atoms with Crippen LogP contribution in [0.1, 0.15) is 27.0 Å². The SMILES string of the molecule is Cc1cc(-c2ccccn2)cc2c1C(=O)N(Cc1ccc(Oc3ccccc3)cc1)C2. The summed E-state index contributed by atoms with van der Waals surface area (Å²) in [7, 11) is 0. The maximum Gasteiger partial charge on any atom is 0.255 e. The Morgan fingerprint density at radius 2 is 1.65 bits per heavy atom. The first-order valence-electron chi connectivity index (χ1n) is 10.3. The summed E-state index contributed by atoms with van der Waals surface area (Å²) in [5, 5.41) is 0. The van der Waals surface area contributed by atoms with E-state index in [0.29, 0.717) is 13.1 Å². The molecule has 0 unspecified atom stereocenters. The van der Waals surface area contributed by atoms with E-state index in [1.807, 2.05) is 84.6 Å². The number of carbonyl (C=O) groups is 1. The van der Waals surface area contributed by atoms with E-state index in [9.17, 15) is 4.79 Å². The van der Waals surface area contributed by atoms with Crippen LogP contribution in [0.2, 0.25) is 0 Å². The molecule has 0 atom stereocenters. The lowest BCUT2D eigenvalue weighted by Crippen LogP contribution is -2.23. The molecule has 1 aliphatic heterocycles. The lowest BCUT2D eigenvalue weighted by Gasteiger charge is -2.16. The molecule has 31 heavy (non-hydrogen) atoms. The van der Waals surface area contributed by atoms with E-state index in [1.165, 1.54) is 0 Å². The normalized spacial score (nSPS) is 12.7. The standard InChI is InChI=1S/C27H22N2O2/c1-19-15-21(25-9-5-6-14-28-25)16-22-18-29(27(30)26(19)22)17-20-10-12-24(13-11-20)31-23-7-3-2-4-8-23/h2-16H,17-18H2,1H3. The number of hydrogen-bond donors (Lipinski definition) is 0. The van der Waals surface area contributed by atoms with Crippen molar-refractivity contribution in [3.8, 4) is 22.8 Å². The lowest BCUT2D eigenvalue weighted by molar-refractivity contribution is 0.0766. The average molecular weight is 406 g/mol. The van der Waals surface area contributed by atoms with Crippen LogP contribution in [0.3, 0.4) is 0 Å². The van der Waals surface area contributed by atoms with E-state index in [2.05, 4.69) is 17.1 Å². The Kier molecular flexibility index (Phi) is 4.97. The van der Waals surface area contributed by atoms with Gasteiger partial charge >= 0.3 is 0 Å². The highest BCUT2D eigenvalue weighted by Gasteiger charge is 2.29. The van der Waals surface area contributed by atoms with E-state index in [1.54, 1.807) is 6.20 Å². The van der Waals surface area contributed by atoms with Crippen molar-refractivity contribution in [1.82, 2.24) is 9.88 Å². The van der Waals surface area contributed by atoms with Crippen LogP contribution in [0.4, 0.5) is 0 Å². The second-order valence-electron chi connectivity index (χ2n) is 7.76. The van der Waals surface area contributed by atoms with Crippen LogP contribution in [0.5, 0.6) is 11.5 Å². The molecule has 2 heterocycles. The predicted octanol–water partition coefficient (Wildman–Crippen LogP) is 6.01. The van der Waals surface area contributed by atoms with Crippen molar-refractivity contribution in [3.63, 3.8) is 0 Å². The Bertz CT molecular complexity index is 1220. The Balaban J connectivity index is 1.32. The molecule has 4 nitrogen and oxygen atoms in total. The van der Waals surface area contributed by atoms with E-state index < -0.39 is 0 Å². The number of para-hydroxylation sites is 1. The van der Waals surface area contributed by atoms with Crippen LogP contribution in [-0.4, -0.2) is 15.8 Å². The summed E-state index contributed by atoms with van der Waals surface area (Å²) < 4.78 is 5.86. The van der Waals surface area contributed by atoms with Gasteiger partial charge in [0.1, 0.15) is 11.5 Å². The fourth-order valence-electron chi connectivity index (χ4n) is 4.04. The Morgan fingerprint density at radius 3 is 2.39 bits per heavy atom. The van der Waals surface area contributed by atoms with Gasteiger partial charge in [-0.05, 0) is 72.1 Å². The van der Waals surface area contributed by atoms with Crippen molar-refractivity contribution in [2.75, 3.05) is 0 Å². The van der Waals surface area contributed by atoms with Crippen molar-refractivity contribution < 1.29 is 9.53 Å². The fourth-order valence-corrected chi connectivity index (χ4v) is 4.04. The monoisotopic (exact) mass is 406 g/mol. The summed E-state index contributed by atoms with van der Waals surface area (Å²) in [6.45, 7) is 3.18. The Hall–Kier alpha value is -3.92. The highest BCUT2D eigenvalue weighted by molar-refractivity contribution is 6.00. The molecule has 0 spiro atoms. The van der Waals surface area contributed by atoms with Gasteiger partial charge in [-0.2, -0.15) is 0 Å². The van der Waals surface area contributed by atoms with Gasteiger partial charge in [-0.3, -0.25) is 9.78 Å². The molecule has 0 fully saturated rings. The minimum absolute atomic E-state index is 0.0877. The van der Waals surface area contributed by atoms with Crippen molar-refractivity contribution >= 4 is 5.91 Å². The lowest BCUT2D eigenvalue weighted by atomic mass is 9.98. The Morgan fingerprint density at radius 1 is 0.903 bits per heavy atom. The zero-order chi connectivity index (χ0) is 21.2. The van der Waals surface area contributed by atoms with Gasteiger partial charge in [0.15, 0.2) is 0 Å². The fraction of sp³-hybridized carbons (Fsp3) is 0.111. The van der Waals surface area contributed by atoms with Crippen LogP contribution in [0, 0.1) is 6.92 Å².